The highest BCUT2D eigenvalue weighted by atomic mass is 14.0. The highest BCUT2D eigenvalue weighted by Crippen LogP contribution is 2.10. The van der Waals surface area contributed by atoms with Crippen molar-refractivity contribution in [1.29, 1.82) is 0 Å². The molecule has 23 heavy (non-hydrogen) atoms. The second kappa shape index (κ2) is 7.17. The quantitative estimate of drug-likeness (QED) is 0.522. The molecular weight excluding hydrogens is 276 g/mol. The fraction of sp³-hybridized carbons (Fsp3) is 0.0435. The van der Waals surface area contributed by atoms with Crippen molar-refractivity contribution in [3.05, 3.63) is 107 Å². The summed E-state index contributed by atoms with van der Waals surface area (Å²) in [5.74, 6) is 12.8. The van der Waals surface area contributed by atoms with Gasteiger partial charge in [-0.1, -0.05) is 66.1 Å². The van der Waals surface area contributed by atoms with Crippen LogP contribution < -0.4 is 0 Å². The zero-order chi connectivity index (χ0) is 15.9. The van der Waals surface area contributed by atoms with Crippen LogP contribution in [0.5, 0.6) is 0 Å². The lowest BCUT2D eigenvalue weighted by molar-refractivity contribution is 1.42. The number of hydrogen-bond acceptors (Lipinski definition) is 0. The Morgan fingerprint density at radius 3 is 1.65 bits per heavy atom. The normalized spacial score (nSPS) is 9.26. The fourth-order valence-electron chi connectivity index (χ4n) is 2.16. The zero-order valence-electron chi connectivity index (χ0n) is 13.0. The van der Waals surface area contributed by atoms with E-state index < -0.39 is 0 Å². The van der Waals surface area contributed by atoms with E-state index in [2.05, 4.69) is 42.7 Å². The van der Waals surface area contributed by atoms with E-state index >= 15 is 0 Å². The van der Waals surface area contributed by atoms with Crippen LogP contribution in [-0.2, 0) is 0 Å². The van der Waals surface area contributed by atoms with Gasteiger partial charge < -0.3 is 0 Å². The molecule has 0 amide bonds. The lowest BCUT2D eigenvalue weighted by Crippen LogP contribution is -1.85. The van der Waals surface area contributed by atoms with Crippen LogP contribution in [0.25, 0.3) is 0 Å². The maximum absolute atomic E-state index is 3.25. The maximum atomic E-state index is 3.25. The molecule has 0 saturated carbocycles. The van der Waals surface area contributed by atoms with E-state index in [-0.39, 0.29) is 0 Å². The van der Waals surface area contributed by atoms with Crippen LogP contribution in [0, 0.1) is 30.6 Å². The predicted octanol–water partition coefficient (Wildman–Crippen LogP) is 4.79. The summed E-state index contributed by atoms with van der Waals surface area (Å²) >= 11 is 0. The van der Waals surface area contributed by atoms with Gasteiger partial charge in [-0.15, -0.1) is 0 Å². The molecule has 0 heterocycles. The Hall–Kier alpha value is -3.22. The van der Waals surface area contributed by atoms with Crippen LogP contribution >= 0.6 is 0 Å². The lowest BCUT2D eigenvalue weighted by atomic mass is 10.0. The van der Waals surface area contributed by atoms with Gasteiger partial charge in [-0.3, -0.25) is 0 Å². The van der Waals surface area contributed by atoms with E-state index in [1.807, 2.05) is 66.7 Å². The van der Waals surface area contributed by atoms with E-state index in [0.29, 0.717) is 0 Å². The Morgan fingerprint density at radius 1 is 0.522 bits per heavy atom. The molecule has 3 rings (SSSR count). The first-order valence-electron chi connectivity index (χ1n) is 7.56. The van der Waals surface area contributed by atoms with E-state index in [4.69, 9.17) is 0 Å². The average Bonchev–Trinajstić information content (AvgIpc) is 2.62. The summed E-state index contributed by atoms with van der Waals surface area (Å²) < 4.78 is 0. The Morgan fingerprint density at radius 2 is 1.04 bits per heavy atom. The van der Waals surface area contributed by atoms with Crippen molar-refractivity contribution >= 4 is 0 Å². The number of aryl methyl sites for hydroxylation is 1. The summed E-state index contributed by atoms with van der Waals surface area (Å²) in [5.41, 5.74) is 5.21. The Kier molecular flexibility index (Phi) is 4.58. The summed E-state index contributed by atoms with van der Waals surface area (Å²) in [5, 5.41) is 0. The average molecular weight is 292 g/mol. The van der Waals surface area contributed by atoms with Gasteiger partial charge in [0.1, 0.15) is 0 Å². The molecule has 0 radical (unpaired) electrons. The molecule has 108 valence electrons. The van der Waals surface area contributed by atoms with Crippen molar-refractivity contribution in [3.63, 3.8) is 0 Å². The summed E-state index contributed by atoms with van der Waals surface area (Å²) in [6, 6.07) is 26.2. The molecule has 0 atom stereocenters. The van der Waals surface area contributed by atoms with Crippen LogP contribution in [0.1, 0.15) is 27.8 Å². The van der Waals surface area contributed by atoms with Crippen molar-refractivity contribution in [2.45, 2.75) is 6.92 Å². The van der Waals surface area contributed by atoms with Crippen LogP contribution in [0.3, 0.4) is 0 Å². The topological polar surface area (TPSA) is 0 Å². The van der Waals surface area contributed by atoms with Crippen LogP contribution in [-0.4, -0.2) is 0 Å². The molecule has 0 unspecified atom stereocenters. The third-order valence-electron chi connectivity index (χ3n) is 3.48. The van der Waals surface area contributed by atoms with E-state index in [9.17, 15) is 0 Å². The molecule has 0 bridgehead atoms. The molecule has 3 aromatic rings. The van der Waals surface area contributed by atoms with Crippen molar-refractivity contribution in [3.8, 4) is 23.7 Å². The molecule has 0 N–H and O–H groups in total. The van der Waals surface area contributed by atoms with Gasteiger partial charge in [-0.2, -0.15) is 0 Å². The second-order valence-electron chi connectivity index (χ2n) is 5.26. The molecule has 0 aromatic heterocycles. The van der Waals surface area contributed by atoms with E-state index in [0.717, 1.165) is 22.3 Å². The first kappa shape index (κ1) is 14.7. The van der Waals surface area contributed by atoms with Gasteiger partial charge in [0.05, 0.1) is 0 Å². The Bertz CT molecular complexity index is 912. The lowest BCUT2D eigenvalue weighted by Gasteiger charge is -1.99. The number of hydrogen-bond donors (Lipinski definition) is 0. The molecule has 0 aliphatic rings. The first-order valence-corrected chi connectivity index (χ1v) is 7.56. The SMILES string of the molecule is Cc1ccc(C#Cc2ccccc2)cc1C#Cc1ccccc1. The van der Waals surface area contributed by atoms with E-state index in [1.54, 1.807) is 0 Å². The minimum absolute atomic E-state index is 0.983. The molecule has 0 nitrogen and oxygen atoms in total. The molecule has 0 spiro atoms. The Balaban J connectivity index is 1.89. The minimum Gasteiger partial charge on any atom is -0.0622 e. The van der Waals surface area contributed by atoms with Crippen LogP contribution in [0.15, 0.2) is 78.9 Å². The number of rotatable bonds is 0. The summed E-state index contributed by atoms with van der Waals surface area (Å²) in [7, 11) is 0. The monoisotopic (exact) mass is 292 g/mol. The van der Waals surface area contributed by atoms with Gasteiger partial charge in [-0.25, -0.2) is 0 Å². The Labute approximate surface area is 137 Å². The highest BCUT2D eigenvalue weighted by molar-refractivity contribution is 5.52. The predicted molar refractivity (Wildman–Crippen MR) is 96.0 cm³/mol. The van der Waals surface area contributed by atoms with Crippen LogP contribution in [0.4, 0.5) is 0 Å². The van der Waals surface area contributed by atoms with Gasteiger partial charge >= 0.3 is 0 Å². The van der Waals surface area contributed by atoms with Crippen molar-refractivity contribution in [1.82, 2.24) is 0 Å². The smallest absolute Gasteiger partial charge is 0.0290 e. The number of benzene rings is 3. The minimum atomic E-state index is 0.983. The molecule has 0 aliphatic heterocycles. The summed E-state index contributed by atoms with van der Waals surface area (Å²) in [6.45, 7) is 2.07. The third-order valence-corrected chi connectivity index (χ3v) is 3.48. The first-order chi connectivity index (χ1) is 11.3. The molecule has 0 saturated heterocycles. The van der Waals surface area contributed by atoms with Gasteiger partial charge in [-0.05, 0) is 48.9 Å². The van der Waals surface area contributed by atoms with Crippen molar-refractivity contribution < 1.29 is 0 Å². The van der Waals surface area contributed by atoms with Gasteiger partial charge in [0.15, 0.2) is 0 Å². The van der Waals surface area contributed by atoms with Crippen molar-refractivity contribution in [2.24, 2.45) is 0 Å². The van der Waals surface area contributed by atoms with E-state index in [1.165, 1.54) is 5.56 Å². The summed E-state index contributed by atoms with van der Waals surface area (Å²) in [6.07, 6.45) is 0. The molecule has 0 heteroatoms. The molecular formula is C23H16. The highest BCUT2D eigenvalue weighted by Gasteiger charge is 1.96. The molecule has 0 aliphatic carbocycles. The van der Waals surface area contributed by atoms with Gasteiger partial charge in [0, 0.05) is 22.3 Å². The largest absolute Gasteiger partial charge is 0.0622 e. The zero-order valence-corrected chi connectivity index (χ0v) is 13.0. The molecule has 0 fully saturated rings. The molecule has 3 aromatic carbocycles. The van der Waals surface area contributed by atoms with Crippen molar-refractivity contribution in [2.75, 3.05) is 0 Å². The van der Waals surface area contributed by atoms with Gasteiger partial charge in [0.2, 0.25) is 0 Å². The fourth-order valence-corrected chi connectivity index (χ4v) is 2.16. The second-order valence-corrected chi connectivity index (χ2v) is 5.26. The summed E-state index contributed by atoms with van der Waals surface area (Å²) in [4.78, 5) is 0. The van der Waals surface area contributed by atoms with Gasteiger partial charge in [0.25, 0.3) is 0 Å². The standard InChI is InChI=1S/C23H16/c1-19-12-13-22(15-14-20-8-4-2-5-9-20)18-23(19)17-16-21-10-6-3-7-11-21/h2-13,18H,1H3. The third kappa shape index (κ3) is 4.13. The maximum Gasteiger partial charge on any atom is 0.0290 e. The van der Waals surface area contributed by atoms with Crippen LogP contribution in [0.2, 0.25) is 0 Å².